The lowest BCUT2D eigenvalue weighted by molar-refractivity contribution is -0.163. The van der Waals surface area contributed by atoms with Crippen LogP contribution >= 0.6 is 11.6 Å². The van der Waals surface area contributed by atoms with Crippen LogP contribution in [0.3, 0.4) is 0 Å². The van der Waals surface area contributed by atoms with E-state index in [1.807, 2.05) is 48.5 Å². The van der Waals surface area contributed by atoms with Gasteiger partial charge in [0, 0.05) is 17.5 Å². The number of para-hydroxylation sites is 1. The smallest absolute Gasteiger partial charge is 0.435 e. The third-order valence-corrected chi connectivity index (χ3v) is 6.53. The Hall–Kier alpha value is -4.65. The van der Waals surface area contributed by atoms with Gasteiger partial charge in [-0.25, -0.2) is 14.6 Å². The van der Waals surface area contributed by atoms with Crippen molar-refractivity contribution in [3.63, 3.8) is 0 Å². The molecule has 3 atom stereocenters. The van der Waals surface area contributed by atoms with Crippen molar-refractivity contribution in [1.82, 2.24) is 10.6 Å². The summed E-state index contributed by atoms with van der Waals surface area (Å²) in [5.74, 6) is -1.87. The molecule has 0 fully saturated rings. The van der Waals surface area contributed by atoms with Crippen molar-refractivity contribution in [2.75, 3.05) is 18.4 Å². The van der Waals surface area contributed by atoms with Crippen LogP contribution in [-0.4, -0.2) is 66.0 Å². The van der Waals surface area contributed by atoms with Gasteiger partial charge in [-0.3, -0.25) is 4.79 Å². The van der Waals surface area contributed by atoms with Crippen LogP contribution in [0.1, 0.15) is 18.9 Å². The summed E-state index contributed by atoms with van der Waals surface area (Å²) < 4.78 is 14.0. The molecule has 1 heterocycles. The third-order valence-electron chi connectivity index (χ3n) is 6.29. The Morgan fingerprint density at radius 1 is 1.00 bits per heavy atom. The van der Waals surface area contributed by atoms with Gasteiger partial charge in [-0.1, -0.05) is 66.2 Å². The van der Waals surface area contributed by atoms with E-state index in [1.54, 1.807) is 37.3 Å². The van der Waals surface area contributed by atoms with Gasteiger partial charge in [0.25, 0.3) is 5.91 Å². The lowest BCUT2D eigenvalue weighted by atomic mass is 9.97. The number of rotatable bonds is 12. The first-order valence-corrected chi connectivity index (χ1v) is 13.8. The number of aliphatic hydroxyl groups is 2. The van der Waals surface area contributed by atoms with Crippen LogP contribution in [0.25, 0.3) is 11.1 Å². The number of anilines is 1. The first kappa shape index (κ1) is 31.3. The van der Waals surface area contributed by atoms with Crippen LogP contribution in [0, 0.1) is 0 Å². The molecule has 0 aromatic heterocycles. The molecule has 4 N–H and O–H groups in total. The van der Waals surface area contributed by atoms with E-state index in [2.05, 4.69) is 25.2 Å². The number of amides is 1. The minimum absolute atomic E-state index is 0.0805. The van der Waals surface area contributed by atoms with Crippen molar-refractivity contribution >= 4 is 41.2 Å². The number of esters is 1. The Bertz CT molecular complexity index is 1440. The van der Waals surface area contributed by atoms with Gasteiger partial charge in [0.2, 0.25) is 19.0 Å². The number of nitrogens with one attached hydrogen (secondary N) is 2. The molecule has 4 rings (SSSR count). The van der Waals surface area contributed by atoms with Gasteiger partial charge in [0.1, 0.15) is 0 Å². The van der Waals surface area contributed by atoms with Crippen molar-refractivity contribution in [1.29, 1.82) is 0 Å². The zero-order valence-electron chi connectivity index (χ0n) is 23.2. The number of halogens is 1. The van der Waals surface area contributed by atoms with Crippen LogP contribution in [-0.2, 0) is 30.2 Å². The second-order valence-electron chi connectivity index (χ2n) is 9.39. The molecule has 13 heteroatoms. The minimum atomic E-state index is -1.66. The minimum Gasteiger partial charge on any atom is -0.435 e. The molecule has 1 aliphatic rings. The maximum absolute atomic E-state index is 13.2. The second-order valence-corrected chi connectivity index (χ2v) is 9.83. The fourth-order valence-corrected chi connectivity index (χ4v) is 4.45. The zero-order chi connectivity index (χ0) is 30.8. The van der Waals surface area contributed by atoms with Crippen LogP contribution in [0.5, 0.6) is 0 Å². The number of hydrogen-bond donors (Lipinski definition) is 4. The summed E-state index contributed by atoms with van der Waals surface area (Å²) in [7, 11) is 0. The van der Waals surface area contributed by atoms with Crippen molar-refractivity contribution in [3.8, 4) is 11.1 Å². The van der Waals surface area contributed by atoms with E-state index >= 15 is 0 Å². The Morgan fingerprint density at radius 3 is 2.44 bits per heavy atom. The van der Waals surface area contributed by atoms with Crippen LogP contribution in [0.4, 0.5) is 10.5 Å². The predicted octanol–water partition coefficient (Wildman–Crippen LogP) is 3.16. The van der Waals surface area contributed by atoms with Crippen molar-refractivity contribution in [3.05, 3.63) is 89.4 Å². The molecule has 3 aromatic rings. The number of carbonyl (C=O) groups is 3. The molecule has 0 saturated heterocycles. The molecule has 0 spiro atoms. The Labute approximate surface area is 252 Å². The van der Waals surface area contributed by atoms with Crippen molar-refractivity contribution in [2.45, 2.75) is 38.3 Å². The Morgan fingerprint density at radius 2 is 1.74 bits per heavy atom. The van der Waals surface area contributed by atoms with Gasteiger partial charge in [0.05, 0.1) is 12.3 Å². The topological polar surface area (TPSA) is 159 Å². The SMILES string of the molecule is CCOC(=O)OCOC(=O)[C@H](O)C[C@@H](Cc1ccc(-c2cccc(Cl)c2)cc1)NC(=O)C1=NN(c2ccccc2)C(O)N1. The molecule has 226 valence electrons. The Balaban J connectivity index is 1.46. The van der Waals surface area contributed by atoms with E-state index in [4.69, 9.17) is 16.3 Å². The lowest BCUT2D eigenvalue weighted by Gasteiger charge is -2.21. The number of nitrogens with zero attached hydrogens (tertiary/aromatic N) is 2. The average molecular weight is 611 g/mol. The molecule has 0 radical (unpaired) electrons. The van der Waals surface area contributed by atoms with Crippen molar-refractivity contribution in [2.24, 2.45) is 5.10 Å². The largest absolute Gasteiger partial charge is 0.511 e. The van der Waals surface area contributed by atoms with E-state index in [9.17, 15) is 24.6 Å². The molecule has 0 aliphatic carbocycles. The van der Waals surface area contributed by atoms with Gasteiger partial charge < -0.3 is 35.1 Å². The number of amidine groups is 1. The van der Waals surface area contributed by atoms with Crippen LogP contribution in [0.15, 0.2) is 84.0 Å². The summed E-state index contributed by atoms with van der Waals surface area (Å²) in [4.78, 5) is 36.9. The van der Waals surface area contributed by atoms with E-state index in [1.165, 1.54) is 5.01 Å². The molecule has 0 bridgehead atoms. The van der Waals surface area contributed by atoms with E-state index in [0.717, 1.165) is 16.7 Å². The lowest BCUT2D eigenvalue weighted by Crippen LogP contribution is -2.48. The van der Waals surface area contributed by atoms with Gasteiger partial charge in [-0.15, -0.1) is 5.10 Å². The van der Waals surface area contributed by atoms with Gasteiger partial charge in [0.15, 0.2) is 6.10 Å². The summed E-state index contributed by atoms with van der Waals surface area (Å²) in [6, 6.07) is 22.9. The molecule has 43 heavy (non-hydrogen) atoms. The highest BCUT2D eigenvalue weighted by Crippen LogP contribution is 2.24. The summed E-state index contributed by atoms with van der Waals surface area (Å²) in [6.07, 6.45) is -3.97. The molecule has 1 aliphatic heterocycles. The first-order chi connectivity index (χ1) is 20.7. The zero-order valence-corrected chi connectivity index (χ0v) is 23.9. The molecule has 3 aromatic carbocycles. The van der Waals surface area contributed by atoms with Gasteiger partial charge >= 0.3 is 12.1 Å². The number of carbonyl (C=O) groups excluding carboxylic acids is 3. The summed E-state index contributed by atoms with van der Waals surface area (Å²) in [5.41, 5.74) is 3.22. The van der Waals surface area contributed by atoms with Crippen LogP contribution in [0.2, 0.25) is 5.02 Å². The number of hydrogen-bond acceptors (Lipinski definition) is 11. The highest BCUT2D eigenvalue weighted by Gasteiger charge is 2.31. The molecule has 1 amide bonds. The van der Waals surface area contributed by atoms with Crippen molar-refractivity contribution < 1.29 is 38.8 Å². The molecule has 1 unspecified atom stereocenters. The monoisotopic (exact) mass is 610 g/mol. The molecule has 12 nitrogen and oxygen atoms in total. The predicted molar refractivity (Wildman–Crippen MR) is 158 cm³/mol. The molecule has 0 saturated carbocycles. The maximum atomic E-state index is 13.2. The summed E-state index contributed by atoms with van der Waals surface area (Å²) in [6.45, 7) is 0.921. The average Bonchev–Trinajstić information content (AvgIpc) is 3.39. The maximum Gasteiger partial charge on any atom is 0.511 e. The standard InChI is InChI=1S/C30H31ClN4O8/c1-2-41-30(40)43-18-42-28(38)25(36)17-23(15-19-11-13-20(14-12-19)21-7-6-8-22(31)16-21)32-27(37)26-33-29(39)35(34-26)24-9-4-3-5-10-24/h3-14,16,23,25,29,36,39H,2,15,17-18H2,1H3,(H,32,37)(H,33,34)/t23-,25-,29?/m1/s1. The number of aliphatic hydroxyl groups excluding tert-OH is 2. The first-order valence-electron chi connectivity index (χ1n) is 13.4. The van der Waals surface area contributed by atoms with E-state index in [-0.39, 0.29) is 25.3 Å². The third kappa shape index (κ3) is 8.92. The second kappa shape index (κ2) is 15.0. The highest BCUT2D eigenvalue weighted by molar-refractivity contribution is 6.38. The van der Waals surface area contributed by atoms with Gasteiger partial charge in [-0.05, 0) is 54.3 Å². The van der Waals surface area contributed by atoms with Crippen LogP contribution < -0.4 is 15.6 Å². The molecular formula is C30H31ClN4O8. The van der Waals surface area contributed by atoms with E-state index in [0.29, 0.717) is 10.7 Å². The fourth-order valence-electron chi connectivity index (χ4n) is 4.26. The highest BCUT2D eigenvalue weighted by atomic mass is 35.5. The Kier molecular flexibility index (Phi) is 10.9. The van der Waals surface area contributed by atoms with E-state index < -0.39 is 43.3 Å². The number of hydrazone groups is 1. The number of ether oxygens (including phenoxy) is 3. The van der Waals surface area contributed by atoms with Gasteiger partial charge in [-0.2, -0.15) is 0 Å². The quantitative estimate of drug-likeness (QED) is 0.177. The summed E-state index contributed by atoms with van der Waals surface area (Å²) in [5, 5.41) is 32.4. The normalized spacial score (nSPS) is 15.5. The number of benzene rings is 3. The summed E-state index contributed by atoms with van der Waals surface area (Å²) >= 11 is 6.12. The fraction of sp³-hybridized carbons (Fsp3) is 0.267. The molecular weight excluding hydrogens is 580 g/mol.